The molecule has 3 rings (SSSR count). The average molecular weight is 566 g/mol. The van der Waals surface area contributed by atoms with E-state index in [2.05, 4.69) is 121 Å². The van der Waals surface area contributed by atoms with Gasteiger partial charge in [0.15, 0.2) is 0 Å². The summed E-state index contributed by atoms with van der Waals surface area (Å²) in [6.45, 7) is 16.3. The van der Waals surface area contributed by atoms with Crippen LogP contribution in [0.15, 0.2) is 60.7 Å². The Labute approximate surface area is 230 Å². The summed E-state index contributed by atoms with van der Waals surface area (Å²) in [6.07, 6.45) is 0. The summed E-state index contributed by atoms with van der Waals surface area (Å²) in [5.41, 5.74) is 6.01. The maximum atomic E-state index is 11.3. The molecule has 0 heterocycles. The van der Waals surface area contributed by atoms with Gasteiger partial charge < -0.3 is 10.0 Å². The second kappa shape index (κ2) is 13.0. The summed E-state index contributed by atoms with van der Waals surface area (Å²) >= 11 is -0.556. The fourth-order valence-corrected chi connectivity index (χ4v) is 5.29. The Morgan fingerprint density at radius 1 is 0.886 bits per heavy atom. The molecule has 188 valence electrons. The van der Waals surface area contributed by atoms with Crippen LogP contribution in [0, 0.1) is 6.92 Å². The molecule has 35 heavy (non-hydrogen) atoms. The molecular weight excluding hydrogens is 528 g/mol. The molecule has 0 amide bonds. The van der Waals surface area contributed by atoms with Crippen LogP contribution in [0.25, 0.3) is 0 Å². The molecule has 1 N–H and O–H groups in total. The normalized spacial score (nSPS) is 11.8. The molecule has 0 bridgehead atoms. The van der Waals surface area contributed by atoms with Gasteiger partial charge in [-0.15, -0.1) is 0 Å². The predicted octanol–water partition coefficient (Wildman–Crippen LogP) is 7.94. The SMILES string of the molecule is Cc1cccc(CN(C)c2ccccc2)c1Pc1cc(C(C)(C)C)cc(C(C)(C)C)c1O.[Cl][Ti][Cl]. The van der Waals surface area contributed by atoms with E-state index in [9.17, 15) is 5.11 Å². The van der Waals surface area contributed by atoms with Gasteiger partial charge in [-0.25, -0.2) is 0 Å². The molecule has 0 radical (unpaired) electrons. The topological polar surface area (TPSA) is 23.5 Å². The molecule has 3 aromatic carbocycles. The van der Waals surface area contributed by atoms with Gasteiger partial charge in [0, 0.05) is 30.1 Å². The fourth-order valence-electron chi connectivity index (χ4n) is 3.94. The predicted molar refractivity (Wildman–Crippen MR) is 155 cm³/mol. The molecule has 0 spiro atoms. The molecular formula is C29H38Cl2NOPTi. The Balaban J connectivity index is 0.00000137. The number of phenols is 1. The summed E-state index contributed by atoms with van der Waals surface area (Å²) in [4.78, 5) is 2.29. The van der Waals surface area contributed by atoms with Crippen molar-refractivity contribution in [3.05, 3.63) is 82.9 Å². The van der Waals surface area contributed by atoms with Gasteiger partial charge in [-0.05, 0) is 57.9 Å². The van der Waals surface area contributed by atoms with E-state index >= 15 is 0 Å². The fraction of sp³-hybridized carbons (Fsp3) is 0.379. The molecule has 2 nitrogen and oxygen atoms in total. The van der Waals surface area contributed by atoms with Crippen molar-refractivity contribution in [2.75, 3.05) is 11.9 Å². The van der Waals surface area contributed by atoms with Gasteiger partial charge >= 0.3 is 35.6 Å². The third-order valence-corrected chi connectivity index (χ3v) is 7.62. The van der Waals surface area contributed by atoms with E-state index in [4.69, 9.17) is 18.6 Å². The van der Waals surface area contributed by atoms with Crippen LogP contribution in [0.4, 0.5) is 5.69 Å². The first-order valence-electron chi connectivity index (χ1n) is 11.8. The Kier molecular flexibility index (Phi) is 11.2. The number of aromatic hydroxyl groups is 1. The Hall–Kier alpha value is -1.02. The van der Waals surface area contributed by atoms with Crippen molar-refractivity contribution in [1.82, 2.24) is 0 Å². The van der Waals surface area contributed by atoms with Crippen LogP contribution < -0.4 is 15.5 Å². The van der Waals surface area contributed by atoms with Crippen LogP contribution in [0.3, 0.4) is 0 Å². The molecule has 0 saturated heterocycles. The minimum atomic E-state index is -0.556. The van der Waals surface area contributed by atoms with Crippen molar-refractivity contribution in [2.24, 2.45) is 0 Å². The van der Waals surface area contributed by atoms with Crippen LogP contribution in [0.5, 0.6) is 5.75 Å². The average Bonchev–Trinajstić information content (AvgIpc) is 2.76. The summed E-state index contributed by atoms with van der Waals surface area (Å²) in [6, 6.07) is 21.5. The quantitative estimate of drug-likeness (QED) is 0.251. The number of phenolic OH excluding ortho intramolecular Hbond substituents is 1. The Morgan fingerprint density at radius 2 is 1.49 bits per heavy atom. The summed E-state index contributed by atoms with van der Waals surface area (Å²) in [7, 11) is 12.3. The zero-order valence-corrected chi connectivity index (χ0v) is 26.2. The van der Waals surface area contributed by atoms with Gasteiger partial charge in [0.25, 0.3) is 0 Å². The van der Waals surface area contributed by atoms with Crippen molar-refractivity contribution >= 4 is 43.5 Å². The van der Waals surface area contributed by atoms with E-state index in [1.54, 1.807) is 0 Å². The van der Waals surface area contributed by atoms with E-state index in [0.29, 0.717) is 14.3 Å². The third kappa shape index (κ3) is 8.51. The van der Waals surface area contributed by atoms with Crippen molar-refractivity contribution in [1.29, 1.82) is 0 Å². The van der Waals surface area contributed by atoms with E-state index in [0.717, 1.165) is 17.4 Å². The molecule has 1 atom stereocenters. The molecule has 0 aliphatic rings. The maximum absolute atomic E-state index is 11.3. The zero-order valence-electron chi connectivity index (χ0n) is 22.1. The molecule has 6 heteroatoms. The number of anilines is 1. The van der Waals surface area contributed by atoms with Crippen molar-refractivity contribution in [2.45, 2.75) is 65.8 Å². The monoisotopic (exact) mass is 565 g/mol. The molecule has 0 aliphatic carbocycles. The molecule has 3 aromatic rings. The van der Waals surface area contributed by atoms with Crippen molar-refractivity contribution in [3.8, 4) is 5.75 Å². The molecule has 1 unspecified atom stereocenters. The molecule has 0 saturated carbocycles. The van der Waals surface area contributed by atoms with Crippen LogP contribution in [0.2, 0.25) is 0 Å². The van der Waals surface area contributed by atoms with Crippen LogP contribution in [0.1, 0.15) is 63.8 Å². The van der Waals surface area contributed by atoms with Gasteiger partial charge in [0.2, 0.25) is 0 Å². The Morgan fingerprint density at radius 3 is 2.03 bits per heavy atom. The Bertz CT molecular complexity index is 1110. The van der Waals surface area contributed by atoms with Gasteiger partial charge in [0.05, 0.1) is 0 Å². The van der Waals surface area contributed by atoms with E-state index < -0.39 is 17.0 Å². The van der Waals surface area contributed by atoms with Crippen LogP contribution in [-0.2, 0) is 34.4 Å². The summed E-state index contributed by atoms with van der Waals surface area (Å²) < 4.78 is 0. The third-order valence-electron chi connectivity index (χ3n) is 6.01. The van der Waals surface area contributed by atoms with Crippen molar-refractivity contribution in [3.63, 3.8) is 0 Å². The number of hydrogen-bond donors (Lipinski definition) is 1. The van der Waals surface area contributed by atoms with Gasteiger partial charge in [0.1, 0.15) is 5.75 Å². The minimum absolute atomic E-state index is 0.0228. The number of aryl methyl sites for hydroxylation is 1. The van der Waals surface area contributed by atoms with Crippen molar-refractivity contribution < 1.29 is 22.1 Å². The van der Waals surface area contributed by atoms with E-state index in [-0.39, 0.29) is 10.8 Å². The zero-order chi connectivity index (χ0) is 26.4. The molecule has 0 aliphatic heterocycles. The van der Waals surface area contributed by atoms with Crippen LogP contribution >= 0.6 is 27.2 Å². The van der Waals surface area contributed by atoms with E-state index in [1.807, 2.05) is 0 Å². The standard InChI is InChI=1S/C29H38NOP.2ClH.Ti/c1-20-13-12-14-21(19-30(8)23-15-10-9-11-16-23)27(20)32-25-18-22(28(2,3)4)17-24(26(25)31)29(5,6)7;;;/h9-18,31-32H,19H2,1-8H3;2*1H;/q;;;+2/p-2. The molecule has 0 fully saturated rings. The first kappa shape index (κ1) is 30.2. The molecule has 0 aromatic heterocycles. The number of nitrogens with zero attached hydrogens (tertiary/aromatic N) is 1. The number of benzene rings is 3. The number of halogens is 2. The van der Waals surface area contributed by atoms with E-state index in [1.165, 1.54) is 27.7 Å². The number of hydrogen-bond acceptors (Lipinski definition) is 2. The van der Waals surface area contributed by atoms with Gasteiger partial charge in [-0.2, -0.15) is 0 Å². The number of para-hydroxylation sites is 1. The van der Waals surface area contributed by atoms with Crippen LogP contribution in [-0.4, -0.2) is 12.2 Å². The number of rotatable bonds is 5. The summed E-state index contributed by atoms with van der Waals surface area (Å²) in [5.74, 6) is 0.453. The first-order valence-corrected chi connectivity index (χ1v) is 17.0. The first-order chi connectivity index (χ1) is 16.3. The second-order valence-electron chi connectivity index (χ2n) is 10.9. The second-order valence-corrected chi connectivity index (χ2v) is 14.8. The van der Waals surface area contributed by atoms with Gasteiger partial charge in [-0.3, -0.25) is 0 Å². The summed E-state index contributed by atoms with van der Waals surface area (Å²) in [5, 5.41) is 13.7. The van der Waals surface area contributed by atoms with Gasteiger partial charge in [-0.1, -0.05) is 92.6 Å².